The van der Waals surface area contributed by atoms with Crippen LogP contribution in [0.5, 0.6) is 0 Å². The summed E-state index contributed by atoms with van der Waals surface area (Å²) in [5.41, 5.74) is 1.94. The summed E-state index contributed by atoms with van der Waals surface area (Å²) in [4.78, 5) is 19.4. The van der Waals surface area contributed by atoms with E-state index in [1.807, 2.05) is 23.1 Å². The van der Waals surface area contributed by atoms with Crippen molar-refractivity contribution in [3.8, 4) is 6.07 Å². The van der Waals surface area contributed by atoms with Crippen LogP contribution < -0.4 is 0 Å². The average molecular weight is 370 g/mol. The van der Waals surface area contributed by atoms with Gasteiger partial charge in [-0.2, -0.15) is 5.26 Å². The third-order valence-electron chi connectivity index (χ3n) is 6.11. The zero-order chi connectivity index (χ0) is 19.3. The minimum absolute atomic E-state index is 0.0442. The van der Waals surface area contributed by atoms with Crippen molar-refractivity contribution in [2.75, 3.05) is 53.5 Å². The van der Waals surface area contributed by atoms with Gasteiger partial charge >= 0.3 is 0 Å². The number of rotatable bonds is 5. The predicted molar refractivity (Wildman–Crippen MR) is 104 cm³/mol. The Hall–Kier alpha value is -1.94. The van der Waals surface area contributed by atoms with Crippen molar-refractivity contribution < 1.29 is 9.53 Å². The maximum Gasteiger partial charge on any atom is 0.222 e. The molecule has 2 heterocycles. The molecule has 1 atom stereocenters. The van der Waals surface area contributed by atoms with Crippen molar-refractivity contribution in [3.63, 3.8) is 0 Å². The van der Waals surface area contributed by atoms with Gasteiger partial charge in [0, 0.05) is 58.3 Å². The summed E-state index contributed by atoms with van der Waals surface area (Å²) >= 11 is 0. The molecule has 1 aromatic carbocycles. The number of hydrogen-bond donors (Lipinski definition) is 0. The van der Waals surface area contributed by atoms with Crippen molar-refractivity contribution in [3.05, 3.63) is 35.4 Å². The summed E-state index contributed by atoms with van der Waals surface area (Å²) < 4.78 is 5.16. The lowest BCUT2D eigenvalue weighted by molar-refractivity contribution is -0.131. The zero-order valence-corrected chi connectivity index (χ0v) is 16.5. The van der Waals surface area contributed by atoms with Crippen molar-refractivity contribution >= 4 is 5.91 Å². The van der Waals surface area contributed by atoms with Gasteiger partial charge in [-0.1, -0.05) is 12.1 Å². The van der Waals surface area contributed by atoms with Crippen molar-refractivity contribution in [1.82, 2.24) is 14.7 Å². The number of ether oxygens (including phenoxy) is 1. The first-order valence-electron chi connectivity index (χ1n) is 9.76. The van der Waals surface area contributed by atoms with Crippen LogP contribution in [0, 0.1) is 11.3 Å². The summed E-state index contributed by atoms with van der Waals surface area (Å²) in [6.45, 7) is 5.90. The Morgan fingerprint density at radius 1 is 1.26 bits per heavy atom. The molecule has 27 heavy (non-hydrogen) atoms. The molecule has 0 N–H and O–H groups in total. The first kappa shape index (κ1) is 19.8. The number of piperazine rings is 1. The molecule has 2 fully saturated rings. The molecule has 6 nitrogen and oxygen atoms in total. The van der Waals surface area contributed by atoms with Gasteiger partial charge in [0.2, 0.25) is 5.91 Å². The number of hydrogen-bond acceptors (Lipinski definition) is 5. The van der Waals surface area contributed by atoms with Gasteiger partial charge in [-0.3, -0.25) is 14.6 Å². The van der Waals surface area contributed by atoms with Crippen LogP contribution in [0.1, 0.15) is 30.4 Å². The predicted octanol–water partition coefficient (Wildman–Crippen LogP) is 1.70. The molecule has 0 saturated carbocycles. The molecule has 1 spiro atoms. The second-order valence-corrected chi connectivity index (χ2v) is 7.79. The molecule has 2 aliphatic heterocycles. The molecular weight excluding hydrogens is 340 g/mol. The van der Waals surface area contributed by atoms with E-state index in [9.17, 15) is 4.79 Å². The SMILES string of the molecule is COCCN1CC[C@@]2(CCC1=O)CN(Cc1cccc(C#N)c1)CCN2C. The lowest BCUT2D eigenvalue weighted by atomic mass is 9.86. The summed E-state index contributed by atoms with van der Waals surface area (Å²) in [7, 11) is 3.88. The van der Waals surface area contributed by atoms with E-state index < -0.39 is 0 Å². The quantitative estimate of drug-likeness (QED) is 0.790. The van der Waals surface area contributed by atoms with Gasteiger partial charge in [-0.05, 0) is 37.6 Å². The van der Waals surface area contributed by atoms with Crippen LogP contribution in [-0.2, 0) is 16.1 Å². The Balaban J connectivity index is 1.69. The number of amides is 1. The highest BCUT2D eigenvalue weighted by Gasteiger charge is 2.42. The van der Waals surface area contributed by atoms with Crippen LogP contribution >= 0.6 is 0 Å². The zero-order valence-electron chi connectivity index (χ0n) is 16.5. The van der Waals surface area contributed by atoms with Crippen LogP contribution in [0.3, 0.4) is 0 Å². The van der Waals surface area contributed by atoms with Gasteiger partial charge in [0.05, 0.1) is 18.2 Å². The first-order chi connectivity index (χ1) is 13.1. The first-order valence-corrected chi connectivity index (χ1v) is 9.76. The van der Waals surface area contributed by atoms with Crippen LogP contribution in [0.4, 0.5) is 0 Å². The molecule has 0 aromatic heterocycles. The van der Waals surface area contributed by atoms with Gasteiger partial charge in [-0.25, -0.2) is 0 Å². The molecule has 2 aliphatic rings. The van der Waals surface area contributed by atoms with Crippen LogP contribution in [-0.4, -0.2) is 79.6 Å². The Morgan fingerprint density at radius 2 is 2.11 bits per heavy atom. The fourth-order valence-corrected chi connectivity index (χ4v) is 4.35. The highest BCUT2D eigenvalue weighted by molar-refractivity contribution is 5.76. The maximum atomic E-state index is 12.5. The van der Waals surface area contributed by atoms with E-state index in [0.29, 0.717) is 25.1 Å². The highest BCUT2D eigenvalue weighted by Crippen LogP contribution is 2.32. The number of nitrogens with zero attached hydrogens (tertiary/aromatic N) is 4. The van der Waals surface area contributed by atoms with E-state index in [0.717, 1.165) is 45.6 Å². The lowest BCUT2D eigenvalue weighted by Gasteiger charge is -2.49. The Morgan fingerprint density at radius 3 is 2.89 bits per heavy atom. The third kappa shape index (κ3) is 4.67. The molecule has 0 radical (unpaired) electrons. The topological polar surface area (TPSA) is 59.8 Å². The normalized spacial score (nSPS) is 24.8. The van der Waals surface area contributed by atoms with Gasteiger partial charge in [0.25, 0.3) is 0 Å². The van der Waals surface area contributed by atoms with Gasteiger partial charge in [0.1, 0.15) is 0 Å². The number of carbonyl (C=O) groups excluding carboxylic acids is 1. The van der Waals surface area contributed by atoms with E-state index in [1.54, 1.807) is 7.11 Å². The average Bonchev–Trinajstić information content (AvgIpc) is 2.83. The Labute approximate surface area is 162 Å². The molecule has 1 amide bonds. The number of likely N-dealkylation sites (tertiary alicyclic amines) is 1. The van der Waals surface area contributed by atoms with Gasteiger partial charge in [-0.15, -0.1) is 0 Å². The summed E-state index contributed by atoms with van der Waals surface area (Å²) in [6.07, 6.45) is 2.50. The molecule has 0 unspecified atom stereocenters. The van der Waals surface area contributed by atoms with Gasteiger partial charge in [0.15, 0.2) is 0 Å². The van der Waals surface area contributed by atoms with Crippen LogP contribution in [0.15, 0.2) is 24.3 Å². The Bertz CT molecular complexity index is 702. The molecule has 146 valence electrons. The smallest absolute Gasteiger partial charge is 0.222 e. The second kappa shape index (κ2) is 8.83. The molecule has 1 aromatic rings. The van der Waals surface area contributed by atoms with E-state index in [1.165, 1.54) is 5.56 Å². The van der Waals surface area contributed by atoms with Crippen LogP contribution in [0.25, 0.3) is 0 Å². The number of likely N-dealkylation sites (N-methyl/N-ethyl adjacent to an activating group) is 1. The van der Waals surface area contributed by atoms with E-state index in [2.05, 4.69) is 29.0 Å². The molecule has 0 bridgehead atoms. The lowest BCUT2D eigenvalue weighted by Crippen LogP contribution is -2.60. The summed E-state index contributed by atoms with van der Waals surface area (Å²) in [6, 6.07) is 10.1. The molecular formula is C21H30N4O2. The molecule has 2 saturated heterocycles. The van der Waals surface area contributed by atoms with E-state index >= 15 is 0 Å². The van der Waals surface area contributed by atoms with Crippen molar-refractivity contribution in [1.29, 1.82) is 5.26 Å². The Kier molecular flexibility index (Phi) is 6.48. The maximum absolute atomic E-state index is 12.5. The van der Waals surface area contributed by atoms with E-state index in [-0.39, 0.29) is 11.4 Å². The van der Waals surface area contributed by atoms with Gasteiger partial charge < -0.3 is 9.64 Å². The van der Waals surface area contributed by atoms with Crippen LogP contribution in [0.2, 0.25) is 0 Å². The fourth-order valence-electron chi connectivity index (χ4n) is 4.35. The fraction of sp³-hybridized carbons (Fsp3) is 0.619. The third-order valence-corrected chi connectivity index (χ3v) is 6.11. The molecule has 0 aliphatic carbocycles. The number of carbonyl (C=O) groups is 1. The molecule has 6 heteroatoms. The van der Waals surface area contributed by atoms with Crippen molar-refractivity contribution in [2.45, 2.75) is 31.3 Å². The summed E-state index contributed by atoms with van der Waals surface area (Å²) in [5.74, 6) is 0.246. The van der Waals surface area contributed by atoms with Crippen molar-refractivity contribution in [2.24, 2.45) is 0 Å². The monoisotopic (exact) mass is 370 g/mol. The number of nitriles is 1. The second-order valence-electron chi connectivity index (χ2n) is 7.79. The molecule has 3 rings (SSSR count). The highest BCUT2D eigenvalue weighted by atomic mass is 16.5. The van der Waals surface area contributed by atoms with E-state index in [4.69, 9.17) is 10.00 Å². The standard InChI is InChI=1S/C21H30N4O2/c1-23-10-11-24(16-19-5-3-4-18(14-19)15-22)17-21(23)7-6-20(26)25(9-8-21)12-13-27-2/h3-5,14H,6-13,16-17H2,1-2H3/t21-/m0/s1. The number of benzene rings is 1. The summed E-state index contributed by atoms with van der Waals surface area (Å²) in [5, 5.41) is 9.13. The number of methoxy groups -OCH3 is 1. The minimum atomic E-state index is 0.0442. The largest absolute Gasteiger partial charge is 0.383 e. The minimum Gasteiger partial charge on any atom is -0.383 e.